The molecule has 1 aromatic heterocycles. The van der Waals surface area contributed by atoms with E-state index in [1.165, 1.54) is 18.9 Å². The van der Waals surface area contributed by atoms with Gasteiger partial charge >= 0.3 is 5.63 Å². The van der Waals surface area contributed by atoms with E-state index in [-0.39, 0.29) is 28.3 Å². The van der Waals surface area contributed by atoms with Crippen molar-refractivity contribution in [2.45, 2.75) is 114 Å². The van der Waals surface area contributed by atoms with Gasteiger partial charge in [-0.3, -0.25) is 0 Å². The molecule has 4 saturated carbocycles. The molecule has 0 spiro atoms. The molecule has 0 bridgehead atoms. The van der Waals surface area contributed by atoms with Crippen LogP contribution in [0.3, 0.4) is 0 Å². The van der Waals surface area contributed by atoms with E-state index in [9.17, 15) is 15.0 Å². The predicted octanol–water partition coefficient (Wildman–Crippen LogP) is 3.71. The third kappa shape index (κ3) is 3.53. The predicted molar refractivity (Wildman–Crippen MR) is 135 cm³/mol. The summed E-state index contributed by atoms with van der Waals surface area (Å²) in [6.07, 6.45) is 12.4. The van der Waals surface area contributed by atoms with Gasteiger partial charge in [-0.2, -0.15) is 0 Å². The van der Waals surface area contributed by atoms with Crippen LogP contribution in [-0.4, -0.2) is 46.6 Å². The maximum atomic E-state index is 12.4. The highest BCUT2D eigenvalue weighted by atomic mass is 16.4. The Morgan fingerprint density at radius 1 is 0.886 bits per heavy atom. The molecule has 6 rings (SSSR count). The Morgan fingerprint density at radius 3 is 2.37 bits per heavy atom. The van der Waals surface area contributed by atoms with Crippen LogP contribution in [0.1, 0.15) is 96.0 Å². The maximum Gasteiger partial charge on any atom is 0.335 e. The molecule has 2 heterocycles. The molecule has 6 nitrogen and oxygen atoms in total. The summed E-state index contributed by atoms with van der Waals surface area (Å²) < 4.78 is 5.22. The third-order valence-corrected chi connectivity index (χ3v) is 11.9. The number of rotatable bonds is 3. The zero-order valence-corrected chi connectivity index (χ0v) is 21.5. The molecule has 0 unspecified atom stereocenters. The molecule has 0 radical (unpaired) electrons. The van der Waals surface area contributed by atoms with E-state index in [1.807, 2.05) is 6.07 Å². The molecule has 4 N–H and O–H groups in total. The molecular formula is C29H44N2O4. The minimum Gasteiger partial charge on any atom is -0.431 e. The van der Waals surface area contributed by atoms with Gasteiger partial charge < -0.3 is 25.3 Å². The van der Waals surface area contributed by atoms with E-state index in [0.717, 1.165) is 76.4 Å². The Kier molecular flexibility index (Phi) is 5.80. The van der Waals surface area contributed by atoms with Crippen LogP contribution in [0.4, 0.5) is 0 Å². The van der Waals surface area contributed by atoms with Crippen LogP contribution in [0, 0.1) is 22.7 Å². The van der Waals surface area contributed by atoms with Crippen LogP contribution in [0.5, 0.6) is 0 Å². The zero-order chi connectivity index (χ0) is 24.5. The lowest BCUT2D eigenvalue weighted by molar-refractivity contribution is -0.247. The Morgan fingerprint density at radius 2 is 1.63 bits per heavy atom. The quantitative estimate of drug-likeness (QED) is 0.523. The fourth-order valence-corrected chi connectivity index (χ4v) is 9.79. The maximum absolute atomic E-state index is 12.4. The van der Waals surface area contributed by atoms with Crippen molar-refractivity contribution in [1.29, 1.82) is 0 Å². The number of aliphatic hydroxyl groups is 2. The summed E-state index contributed by atoms with van der Waals surface area (Å²) in [6.45, 7) is 6.79. The van der Waals surface area contributed by atoms with Gasteiger partial charge in [0.1, 0.15) is 0 Å². The lowest BCUT2D eigenvalue weighted by Crippen LogP contribution is -2.68. The summed E-state index contributed by atoms with van der Waals surface area (Å²) in [5.74, 6) is 0.782. The van der Waals surface area contributed by atoms with Gasteiger partial charge in [-0.05, 0) is 119 Å². The molecule has 4 aliphatic carbocycles. The molecule has 6 heteroatoms. The first-order valence-corrected chi connectivity index (χ1v) is 14.2. The molecule has 0 aromatic carbocycles. The molecular weight excluding hydrogens is 440 g/mol. The lowest BCUT2D eigenvalue weighted by Gasteiger charge is -2.66. The van der Waals surface area contributed by atoms with Crippen LogP contribution in [0.2, 0.25) is 0 Å². The topological polar surface area (TPSA) is 94.7 Å². The molecule has 35 heavy (non-hydrogen) atoms. The van der Waals surface area contributed by atoms with Gasteiger partial charge in [-0.15, -0.1) is 0 Å². The van der Waals surface area contributed by atoms with Gasteiger partial charge in [0.05, 0.1) is 17.5 Å². The van der Waals surface area contributed by atoms with Crippen molar-refractivity contribution in [3.8, 4) is 0 Å². The van der Waals surface area contributed by atoms with Gasteiger partial charge in [0.2, 0.25) is 0 Å². The van der Waals surface area contributed by atoms with Gasteiger partial charge in [0.25, 0.3) is 0 Å². The number of nitrogens with one attached hydrogen (secondary N) is 2. The van der Waals surface area contributed by atoms with Crippen molar-refractivity contribution in [2.24, 2.45) is 22.7 Å². The average molecular weight is 485 g/mol. The normalized spacial score (nSPS) is 48.1. The second-order valence-electron chi connectivity index (χ2n) is 13.2. The highest BCUT2D eigenvalue weighted by Crippen LogP contribution is 2.71. The van der Waals surface area contributed by atoms with Crippen molar-refractivity contribution in [2.75, 3.05) is 13.1 Å². The first-order valence-electron chi connectivity index (χ1n) is 14.2. The van der Waals surface area contributed by atoms with Crippen molar-refractivity contribution in [1.82, 2.24) is 10.6 Å². The van der Waals surface area contributed by atoms with E-state index >= 15 is 0 Å². The van der Waals surface area contributed by atoms with Gasteiger partial charge in [0, 0.05) is 23.6 Å². The fourth-order valence-electron chi connectivity index (χ4n) is 9.79. The van der Waals surface area contributed by atoms with Crippen LogP contribution in [-0.2, 0) is 0 Å². The Labute approximate surface area is 209 Å². The number of fused-ring (bicyclic) bond motifs is 5. The van der Waals surface area contributed by atoms with Crippen LogP contribution in [0.25, 0.3) is 0 Å². The van der Waals surface area contributed by atoms with E-state index in [2.05, 4.69) is 24.5 Å². The fraction of sp³-hybridized carbons (Fsp3) is 0.828. The van der Waals surface area contributed by atoms with Crippen LogP contribution >= 0.6 is 0 Å². The summed E-state index contributed by atoms with van der Waals surface area (Å²) in [5, 5.41) is 31.9. The highest BCUT2D eigenvalue weighted by molar-refractivity contribution is 5.27. The molecule has 1 aromatic rings. The third-order valence-electron chi connectivity index (χ3n) is 11.9. The van der Waals surface area contributed by atoms with Crippen molar-refractivity contribution >= 4 is 0 Å². The van der Waals surface area contributed by atoms with Gasteiger partial charge in [0.15, 0.2) is 0 Å². The van der Waals surface area contributed by atoms with Crippen molar-refractivity contribution in [3.05, 3.63) is 34.4 Å². The smallest absolute Gasteiger partial charge is 0.335 e. The zero-order valence-electron chi connectivity index (χ0n) is 21.5. The summed E-state index contributed by atoms with van der Waals surface area (Å²) in [5.41, 5.74) is -1.03. The summed E-state index contributed by atoms with van der Waals surface area (Å²) in [6, 6.07) is 4.38. The second kappa shape index (κ2) is 8.41. The second-order valence-corrected chi connectivity index (χ2v) is 13.2. The molecule has 1 aliphatic heterocycles. The molecule has 8 atom stereocenters. The van der Waals surface area contributed by atoms with Crippen LogP contribution in [0.15, 0.2) is 27.6 Å². The molecule has 5 aliphatic rings. The molecule has 5 fully saturated rings. The Balaban J connectivity index is 1.23. The Bertz CT molecular complexity index is 986. The minimum absolute atomic E-state index is 0.142. The summed E-state index contributed by atoms with van der Waals surface area (Å²) in [7, 11) is 0. The van der Waals surface area contributed by atoms with E-state index in [1.54, 1.807) is 6.26 Å². The average Bonchev–Trinajstić information content (AvgIpc) is 3.12. The van der Waals surface area contributed by atoms with Crippen molar-refractivity contribution in [3.63, 3.8) is 0 Å². The number of piperidine rings is 1. The molecule has 0 amide bonds. The molecule has 1 saturated heterocycles. The van der Waals surface area contributed by atoms with Crippen molar-refractivity contribution < 1.29 is 14.6 Å². The minimum atomic E-state index is -0.731. The number of hydrogen-bond acceptors (Lipinski definition) is 6. The van der Waals surface area contributed by atoms with Gasteiger partial charge in [-0.1, -0.05) is 13.8 Å². The largest absolute Gasteiger partial charge is 0.431 e. The summed E-state index contributed by atoms with van der Waals surface area (Å²) >= 11 is 0. The first-order chi connectivity index (χ1) is 16.7. The van der Waals surface area contributed by atoms with Gasteiger partial charge in [-0.25, -0.2) is 4.79 Å². The van der Waals surface area contributed by atoms with E-state index in [0.29, 0.717) is 18.0 Å². The van der Waals surface area contributed by atoms with E-state index < -0.39 is 11.2 Å². The first kappa shape index (κ1) is 24.1. The SMILES string of the molecule is C[C@]12CC[C@H](NC3CCNCC3)C[C@@]1(O)CC[C@@H]1[C@@H]2CC[C@]2(C)[C@@H](c3ccc(=O)oc3)CC[C@]12O. The lowest BCUT2D eigenvalue weighted by atomic mass is 9.42. The standard InChI is InChI=1S/C29H44N2O4/c1-26-11-5-21(31-20-9-15-30-16-10-20)17-28(26,33)13-7-24-23(26)6-12-27(2)22(8-14-29(24,27)34)19-3-4-25(32)35-18-19/h3-4,18,20-24,30-31,33-34H,5-17H2,1-2H3/t21-,22+,23-,24+,26+,27+,28-,29-/m0/s1. The number of hydrogen-bond donors (Lipinski definition) is 4. The van der Waals surface area contributed by atoms with E-state index in [4.69, 9.17) is 4.42 Å². The Hall–Kier alpha value is -1.21. The summed E-state index contributed by atoms with van der Waals surface area (Å²) in [4.78, 5) is 11.5. The monoisotopic (exact) mass is 484 g/mol. The van der Waals surface area contributed by atoms with Crippen LogP contribution < -0.4 is 16.3 Å². The highest BCUT2D eigenvalue weighted by Gasteiger charge is 2.69. The molecule has 194 valence electrons.